The minimum Gasteiger partial charge on any atom is -0.358 e. The Balaban J connectivity index is 1.69. The molecule has 24 heavy (non-hydrogen) atoms. The number of fused-ring (bicyclic) bond motifs is 1. The zero-order chi connectivity index (χ0) is 16.7. The number of hydrogen-bond donors (Lipinski definition) is 1. The molecule has 3 heterocycles. The maximum Gasteiger partial charge on any atom is 0.254 e. The van der Waals surface area contributed by atoms with Gasteiger partial charge in [0, 0.05) is 41.1 Å². The zero-order valence-corrected chi connectivity index (χ0v) is 14.0. The fourth-order valence-electron chi connectivity index (χ4n) is 3.69. The highest BCUT2D eigenvalue weighted by Gasteiger charge is 2.30. The number of benzene rings is 1. The molecule has 4 nitrogen and oxygen atoms in total. The van der Waals surface area contributed by atoms with Gasteiger partial charge in [0.15, 0.2) is 0 Å². The van der Waals surface area contributed by atoms with Crippen molar-refractivity contribution in [2.75, 3.05) is 6.54 Å². The van der Waals surface area contributed by atoms with Gasteiger partial charge in [-0.2, -0.15) is 0 Å². The monoisotopic (exact) mass is 319 g/mol. The molecule has 1 atom stereocenters. The number of hydrogen-bond acceptors (Lipinski definition) is 2. The van der Waals surface area contributed by atoms with Gasteiger partial charge in [0.25, 0.3) is 5.91 Å². The van der Waals surface area contributed by atoms with Crippen molar-refractivity contribution in [1.82, 2.24) is 14.9 Å². The lowest BCUT2D eigenvalue weighted by atomic mass is 10.0. The molecule has 0 unspecified atom stereocenters. The van der Waals surface area contributed by atoms with Gasteiger partial charge >= 0.3 is 0 Å². The Kier molecular flexibility index (Phi) is 3.60. The molecule has 4 rings (SSSR count). The van der Waals surface area contributed by atoms with E-state index in [0.717, 1.165) is 47.1 Å². The number of aromatic nitrogens is 2. The molecule has 1 aliphatic rings. The molecule has 1 aromatic carbocycles. The smallest absolute Gasteiger partial charge is 0.254 e. The first-order valence-corrected chi connectivity index (χ1v) is 8.45. The average Bonchev–Trinajstić information content (AvgIpc) is 3.21. The zero-order valence-electron chi connectivity index (χ0n) is 14.0. The fraction of sp³-hybridized carbons (Fsp3) is 0.300. The van der Waals surface area contributed by atoms with E-state index in [0.29, 0.717) is 0 Å². The molecule has 1 amide bonds. The number of rotatable bonds is 2. The number of pyridine rings is 1. The maximum absolute atomic E-state index is 13.1. The van der Waals surface area contributed by atoms with E-state index in [-0.39, 0.29) is 11.9 Å². The van der Waals surface area contributed by atoms with Crippen LogP contribution in [-0.2, 0) is 0 Å². The SMILES string of the molecule is Cc1[nH]c2ccc(C(=O)N3CCC[C@H]3c3cccnc3)cc2c1C. The quantitative estimate of drug-likeness (QED) is 0.771. The number of amides is 1. The van der Waals surface area contributed by atoms with Crippen molar-refractivity contribution in [2.24, 2.45) is 0 Å². The molecule has 0 aliphatic carbocycles. The van der Waals surface area contributed by atoms with Gasteiger partial charge in [-0.15, -0.1) is 0 Å². The van der Waals surface area contributed by atoms with Crippen molar-refractivity contribution in [1.29, 1.82) is 0 Å². The topological polar surface area (TPSA) is 49.0 Å². The summed E-state index contributed by atoms with van der Waals surface area (Å²) in [6, 6.07) is 10.1. The Labute approximate surface area is 141 Å². The molecule has 122 valence electrons. The Morgan fingerprint density at radius 1 is 1.29 bits per heavy atom. The molecule has 1 aliphatic heterocycles. The van der Waals surface area contributed by atoms with Gasteiger partial charge in [0.1, 0.15) is 0 Å². The van der Waals surface area contributed by atoms with Crippen LogP contribution in [0, 0.1) is 13.8 Å². The standard InChI is InChI=1S/C20H21N3O/c1-13-14(2)22-18-8-7-15(11-17(13)18)20(24)23-10-4-6-19(23)16-5-3-9-21-12-16/h3,5,7-9,11-12,19,22H,4,6,10H2,1-2H3/t19-/m0/s1. The highest BCUT2D eigenvalue weighted by Crippen LogP contribution is 2.33. The van der Waals surface area contributed by atoms with E-state index in [1.165, 1.54) is 5.56 Å². The molecule has 0 radical (unpaired) electrons. The predicted octanol–water partition coefficient (Wildman–Crippen LogP) is 4.16. The Morgan fingerprint density at radius 2 is 2.17 bits per heavy atom. The van der Waals surface area contributed by atoms with Gasteiger partial charge in [0.05, 0.1) is 6.04 Å². The number of carbonyl (C=O) groups is 1. The number of aromatic amines is 1. The molecular weight excluding hydrogens is 298 g/mol. The number of nitrogens with one attached hydrogen (secondary N) is 1. The normalized spacial score (nSPS) is 17.6. The number of H-pyrrole nitrogens is 1. The van der Waals surface area contributed by atoms with Crippen LogP contribution in [0.5, 0.6) is 0 Å². The number of likely N-dealkylation sites (tertiary alicyclic amines) is 1. The van der Waals surface area contributed by atoms with Crippen LogP contribution >= 0.6 is 0 Å². The number of carbonyl (C=O) groups excluding carboxylic acids is 1. The summed E-state index contributed by atoms with van der Waals surface area (Å²) < 4.78 is 0. The van der Waals surface area contributed by atoms with E-state index in [4.69, 9.17) is 0 Å². The molecule has 1 N–H and O–H groups in total. The van der Waals surface area contributed by atoms with Gasteiger partial charge in [-0.05, 0) is 62.1 Å². The van der Waals surface area contributed by atoms with Crippen molar-refractivity contribution in [3.63, 3.8) is 0 Å². The van der Waals surface area contributed by atoms with Gasteiger partial charge in [-0.3, -0.25) is 9.78 Å². The first-order chi connectivity index (χ1) is 11.6. The maximum atomic E-state index is 13.1. The molecule has 1 saturated heterocycles. The molecule has 0 bridgehead atoms. The summed E-state index contributed by atoms with van der Waals surface area (Å²) in [7, 11) is 0. The summed E-state index contributed by atoms with van der Waals surface area (Å²) in [6.45, 7) is 4.97. The van der Waals surface area contributed by atoms with E-state index >= 15 is 0 Å². The lowest BCUT2D eigenvalue weighted by Crippen LogP contribution is -2.30. The van der Waals surface area contributed by atoms with Crippen molar-refractivity contribution < 1.29 is 4.79 Å². The lowest BCUT2D eigenvalue weighted by Gasteiger charge is -2.25. The fourth-order valence-corrected chi connectivity index (χ4v) is 3.69. The van der Waals surface area contributed by atoms with Crippen LogP contribution in [-0.4, -0.2) is 27.3 Å². The van der Waals surface area contributed by atoms with E-state index < -0.39 is 0 Å². The van der Waals surface area contributed by atoms with Crippen LogP contribution in [0.3, 0.4) is 0 Å². The highest BCUT2D eigenvalue weighted by molar-refractivity contribution is 5.99. The minimum atomic E-state index is 0.113. The molecule has 4 heteroatoms. The largest absolute Gasteiger partial charge is 0.358 e. The van der Waals surface area contributed by atoms with E-state index in [1.54, 1.807) is 6.20 Å². The Hall–Kier alpha value is -2.62. The Morgan fingerprint density at radius 3 is 2.96 bits per heavy atom. The number of nitrogens with zero attached hydrogens (tertiary/aromatic N) is 2. The summed E-state index contributed by atoms with van der Waals surface area (Å²) in [6.07, 6.45) is 5.69. The third-order valence-electron chi connectivity index (χ3n) is 5.14. The summed E-state index contributed by atoms with van der Waals surface area (Å²) in [5, 5.41) is 1.13. The molecular formula is C20H21N3O. The summed E-state index contributed by atoms with van der Waals surface area (Å²) in [5.74, 6) is 0.113. The summed E-state index contributed by atoms with van der Waals surface area (Å²) in [5.41, 5.74) is 5.35. The van der Waals surface area contributed by atoms with E-state index in [9.17, 15) is 4.79 Å². The van der Waals surface area contributed by atoms with Crippen LogP contribution < -0.4 is 0 Å². The van der Waals surface area contributed by atoms with Crippen LogP contribution in [0.15, 0.2) is 42.7 Å². The van der Waals surface area contributed by atoms with Crippen LogP contribution in [0.2, 0.25) is 0 Å². The summed E-state index contributed by atoms with van der Waals surface area (Å²) in [4.78, 5) is 22.7. The Bertz CT molecular complexity index is 898. The average molecular weight is 319 g/mol. The third kappa shape index (κ3) is 2.39. The van der Waals surface area contributed by atoms with Crippen molar-refractivity contribution >= 4 is 16.8 Å². The van der Waals surface area contributed by atoms with Crippen LogP contribution in [0.4, 0.5) is 0 Å². The van der Waals surface area contributed by atoms with Crippen LogP contribution in [0.25, 0.3) is 10.9 Å². The van der Waals surface area contributed by atoms with Crippen molar-refractivity contribution in [2.45, 2.75) is 32.7 Å². The molecule has 0 spiro atoms. The number of aryl methyl sites for hydroxylation is 2. The van der Waals surface area contributed by atoms with Crippen molar-refractivity contribution in [3.05, 3.63) is 65.1 Å². The van der Waals surface area contributed by atoms with E-state index in [1.807, 2.05) is 35.4 Å². The third-order valence-corrected chi connectivity index (χ3v) is 5.14. The highest BCUT2D eigenvalue weighted by atomic mass is 16.2. The van der Waals surface area contributed by atoms with Crippen LogP contribution in [0.1, 0.15) is 46.1 Å². The van der Waals surface area contributed by atoms with Gasteiger partial charge < -0.3 is 9.88 Å². The lowest BCUT2D eigenvalue weighted by molar-refractivity contribution is 0.0735. The van der Waals surface area contributed by atoms with E-state index in [2.05, 4.69) is 29.9 Å². The van der Waals surface area contributed by atoms with Gasteiger partial charge in [-0.25, -0.2) is 0 Å². The predicted molar refractivity (Wildman–Crippen MR) is 95.0 cm³/mol. The molecule has 0 saturated carbocycles. The second-order valence-corrected chi connectivity index (χ2v) is 6.58. The molecule has 3 aromatic rings. The molecule has 1 fully saturated rings. The first kappa shape index (κ1) is 14.9. The van der Waals surface area contributed by atoms with Gasteiger partial charge in [0.2, 0.25) is 0 Å². The first-order valence-electron chi connectivity index (χ1n) is 8.45. The summed E-state index contributed by atoms with van der Waals surface area (Å²) >= 11 is 0. The second-order valence-electron chi connectivity index (χ2n) is 6.58. The molecule has 2 aromatic heterocycles. The van der Waals surface area contributed by atoms with Crippen molar-refractivity contribution in [3.8, 4) is 0 Å². The van der Waals surface area contributed by atoms with Gasteiger partial charge in [-0.1, -0.05) is 6.07 Å². The second kappa shape index (κ2) is 5.78. The minimum absolute atomic E-state index is 0.113.